The van der Waals surface area contributed by atoms with Crippen LogP contribution in [0.25, 0.3) is 11.1 Å². The Hall–Kier alpha value is -4.13. The third-order valence-corrected chi connectivity index (χ3v) is 7.56. The maximum Gasteiger partial charge on any atom is 0.407 e. The largest absolute Gasteiger partial charge is 0.460 e. The van der Waals surface area contributed by atoms with Crippen LogP contribution in [0, 0.1) is 5.92 Å². The number of ether oxygens (including phenoxy) is 2. The average molecular weight is 571 g/mol. The van der Waals surface area contributed by atoms with E-state index in [4.69, 9.17) is 9.47 Å². The standard InChI is InChI=1S/C35H42N2O5/c1-23(2)32(33(39)37(21-20-31(38)42-35(4,5)6)24(3)25-14-8-7-9-15-25)36-34(40)41-22-30-28-18-12-10-16-26(28)27-17-11-13-19-29(27)30/h7-19,23-24,30,32H,20-22H2,1-6H3,(H,36,40)/t24-,32-/m0/s1. The zero-order valence-corrected chi connectivity index (χ0v) is 25.4. The predicted octanol–water partition coefficient (Wildman–Crippen LogP) is 6.87. The summed E-state index contributed by atoms with van der Waals surface area (Å²) in [6, 6.07) is 24.8. The van der Waals surface area contributed by atoms with Gasteiger partial charge in [-0.05, 0) is 61.4 Å². The first-order valence-electron chi connectivity index (χ1n) is 14.6. The molecule has 0 aliphatic heterocycles. The second kappa shape index (κ2) is 13.2. The summed E-state index contributed by atoms with van der Waals surface area (Å²) in [6.45, 7) is 11.4. The third-order valence-electron chi connectivity index (χ3n) is 7.56. The number of alkyl carbamates (subject to hydrolysis) is 1. The second-order valence-electron chi connectivity index (χ2n) is 12.1. The number of carbonyl (C=O) groups is 3. The highest BCUT2D eigenvalue weighted by Crippen LogP contribution is 2.44. The molecule has 0 aromatic heterocycles. The Morgan fingerprint density at radius 1 is 0.833 bits per heavy atom. The van der Waals surface area contributed by atoms with Gasteiger partial charge in [-0.1, -0.05) is 92.7 Å². The van der Waals surface area contributed by atoms with Gasteiger partial charge in [-0.15, -0.1) is 0 Å². The van der Waals surface area contributed by atoms with Gasteiger partial charge in [0, 0.05) is 12.5 Å². The predicted molar refractivity (Wildman–Crippen MR) is 164 cm³/mol. The molecule has 3 aromatic rings. The van der Waals surface area contributed by atoms with Gasteiger partial charge in [0.15, 0.2) is 0 Å². The van der Waals surface area contributed by atoms with Crippen molar-refractivity contribution in [2.24, 2.45) is 5.92 Å². The number of nitrogens with zero attached hydrogens (tertiary/aromatic N) is 1. The smallest absolute Gasteiger partial charge is 0.407 e. The van der Waals surface area contributed by atoms with Gasteiger partial charge in [0.1, 0.15) is 18.2 Å². The lowest BCUT2D eigenvalue weighted by atomic mass is 9.98. The molecular formula is C35H42N2O5. The Morgan fingerprint density at radius 2 is 1.38 bits per heavy atom. The Balaban J connectivity index is 1.48. The molecule has 222 valence electrons. The zero-order valence-electron chi connectivity index (χ0n) is 25.4. The molecule has 2 amide bonds. The SMILES string of the molecule is CC(C)[C@H](NC(=O)OCC1c2ccccc2-c2ccccc21)C(=O)N(CCC(=O)OC(C)(C)C)[C@@H](C)c1ccccc1. The summed E-state index contributed by atoms with van der Waals surface area (Å²) < 4.78 is 11.2. The van der Waals surface area contributed by atoms with Gasteiger partial charge < -0.3 is 19.7 Å². The molecule has 7 nitrogen and oxygen atoms in total. The number of carbonyl (C=O) groups excluding carboxylic acids is 3. The Morgan fingerprint density at radius 3 is 1.93 bits per heavy atom. The van der Waals surface area contributed by atoms with E-state index in [9.17, 15) is 14.4 Å². The summed E-state index contributed by atoms with van der Waals surface area (Å²) in [7, 11) is 0. The summed E-state index contributed by atoms with van der Waals surface area (Å²) in [5.41, 5.74) is 4.84. The van der Waals surface area contributed by atoms with E-state index in [1.165, 1.54) is 0 Å². The van der Waals surface area contributed by atoms with Crippen LogP contribution in [0.3, 0.4) is 0 Å². The van der Waals surface area contributed by atoms with E-state index in [0.717, 1.165) is 27.8 Å². The van der Waals surface area contributed by atoms with E-state index in [1.807, 2.05) is 96.1 Å². The number of benzene rings is 3. The van der Waals surface area contributed by atoms with Crippen LogP contribution < -0.4 is 5.32 Å². The van der Waals surface area contributed by atoms with E-state index in [0.29, 0.717) is 0 Å². The highest BCUT2D eigenvalue weighted by Gasteiger charge is 2.34. The molecule has 0 spiro atoms. The molecule has 1 aliphatic carbocycles. The van der Waals surface area contributed by atoms with Crippen LogP contribution in [-0.2, 0) is 19.1 Å². The number of hydrogen-bond donors (Lipinski definition) is 1. The van der Waals surface area contributed by atoms with E-state index in [-0.39, 0.29) is 49.3 Å². The fraction of sp³-hybridized carbons (Fsp3) is 0.400. The van der Waals surface area contributed by atoms with Gasteiger partial charge in [0.25, 0.3) is 0 Å². The van der Waals surface area contributed by atoms with Gasteiger partial charge in [-0.3, -0.25) is 9.59 Å². The van der Waals surface area contributed by atoms with Crippen molar-refractivity contribution in [3.05, 3.63) is 95.6 Å². The average Bonchev–Trinajstić information content (AvgIpc) is 3.27. The van der Waals surface area contributed by atoms with Crippen molar-refractivity contribution in [2.75, 3.05) is 13.2 Å². The number of esters is 1. The van der Waals surface area contributed by atoms with Crippen LogP contribution in [0.5, 0.6) is 0 Å². The van der Waals surface area contributed by atoms with E-state index in [2.05, 4.69) is 29.6 Å². The number of nitrogens with one attached hydrogen (secondary N) is 1. The van der Waals surface area contributed by atoms with Crippen LogP contribution in [0.15, 0.2) is 78.9 Å². The van der Waals surface area contributed by atoms with Crippen molar-refractivity contribution in [1.82, 2.24) is 10.2 Å². The van der Waals surface area contributed by atoms with Crippen molar-refractivity contribution in [1.29, 1.82) is 0 Å². The lowest BCUT2D eigenvalue weighted by Gasteiger charge is -2.34. The molecule has 42 heavy (non-hydrogen) atoms. The molecule has 0 unspecified atom stereocenters. The maximum atomic E-state index is 14.0. The van der Waals surface area contributed by atoms with Crippen LogP contribution in [0.4, 0.5) is 4.79 Å². The normalized spacial score (nSPS) is 14.0. The van der Waals surface area contributed by atoms with E-state index in [1.54, 1.807) is 4.90 Å². The Bertz CT molecular complexity index is 1350. The Labute approximate surface area is 249 Å². The highest BCUT2D eigenvalue weighted by atomic mass is 16.6. The minimum atomic E-state index is -0.842. The van der Waals surface area contributed by atoms with Crippen molar-refractivity contribution < 1.29 is 23.9 Å². The quantitative estimate of drug-likeness (QED) is 0.269. The Kier molecular flexibility index (Phi) is 9.71. The fourth-order valence-corrected chi connectivity index (χ4v) is 5.47. The van der Waals surface area contributed by atoms with Gasteiger partial charge in [0.2, 0.25) is 5.91 Å². The lowest BCUT2D eigenvalue weighted by Crippen LogP contribution is -2.52. The molecule has 0 saturated carbocycles. The first-order chi connectivity index (χ1) is 20.0. The molecule has 2 atom stereocenters. The first kappa shape index (κ1) is 30.8. The molecule has 7 heteroatoms. The van der Waals surface area contributed by atoms with Crippen LogP contribution in [0.1, 0.15) is 76.6 Å². The van der Waals surface area contributed by atoms with E-state index < -0.39 is 17.7 Å². The van der Waals surface area contributed by atoms with Gasteiger partial charge in [-0.2, -0.15) is 0 Å². The maximum absolute atomic E-state index is 14.0. The molecule has 0 fully saturated rings. The molecule has 0 heterocycles. The summed E-state index contributed by atoms with van der Waals surface area (Å²) >= 11 is 0. The third kappa shape index (κ3) is 7.38. The van der Waals surface area contributed by atoms with Crippen molar-refractivity contribution in [2.45, 2.75) is 71.6 Å². The molecule has 0 radical (unpaired) electrons. The fourth-order valence-electron chi connectivity index (χ4n) is 5.47. The minimum Gasteiger partial charge on any atom is -0.460 e. The number of hydrogen-bond acceptors (Lipinski definition) is 5. The second-order valence-corrected chi connectivity index (χ2v) is 12.1. The minimum absolute atomic E-state index is 0.0376. The molecule has 0 saturated heterocycles. The van der Waals surface area contributed by atoms with Crippen molar-refractivity contribution in [3.63, 3.8) is 0 Å². The van der Waals surface area contributed by atoms with Crippen molar-refractivity contribution >= 4 is 18.0 Å². The zero-order chi connectivity index (χ0) is 30.4. The molecule has 3 aromatic carbocycles. The number of amides is 2. The molecule has 1 aliphatic rings. The summed E-state index contributed by atoms with van der Waals surface area (Å²) in [5.74, 6) is -0.964. The number of fused-ring (bicyclic) bond motifs is 3. The van der Waals surface area contributed by atoms with Crippen LogP contribution in [0.2, 0.25) is 0 Å². The topological polar surface area (TPSA) is 84.9 Å². The molecular weight excluding hydrogens is 528 g/mol. The number of rotatable bonds is 10. The van der Waals surface area contributed by atoms with E-state index >= 15 is 0 Å². The monoisotopic (exact) mass is 570 g/mol. The van der Waals surface area contributed by atoms with Gasteiger partial charge in [-0.25, -0.2) is 4.79 Å². The van der Waals surface area contributed by atoms with Crippen molar-refractivity contribution in [3.8, 4) is 11.1 Å². The van der Waals surface area contributed by atoms with Gasteiger partial charge in [0.05, 0.1) is 12.5 Å². The summed E-state index contributed by atoms with van der Waals surface area (Å²) in [4.78, 5) is 41.4. The first-order valence-corrected chi connectivity index (χ1v) is 14.6. The van der Waals surface area contributed by atoms with Gasteiger partial charge >= 0.3 is 12.1 Å². The lowest BCUT2D eigenvalue weighted by molar-refractivity contribution is -0.155. The van der Waals surface area contributed by atoms with Crippen LogP contribution >= 0.6 is 0 Å². The summed E-state index contributed by atoms with van der Waals surface area (Å²) in [6.07, 6.45) is -0.612. The summed E-state index contributed by atoms with van der Waals surface area (Å²) in [5, 5.41) is 2.83. The molecule has 1 N–H and O–H groups in total. The molecule has 0 bridgehead atoms. The molecule has 4 rings (SSSR count). The van der Waals surface area contributed by atoms with Crippen LogP contribution in [-0.4, -0.2) is 47.7 Å². The highest BCUT2D eigenvalue weighted by molar-refractivity contribution is 5.87.